The normalized spacial score (nSPS) is 15.3. The zero-order valence-electron chi connectivity index (χ0n) is 9.09. The summed E-state index contributed by atoms with van der Waals surface area (Å²) in [6, 6.07) is 1.79. The Morgan fingerprint density at radius 2 is 2.19 bits per heavy atom. The Hall–Kier alpha value is -1.91. The molecule has 16 heavy (non-hydrogen) atoms. The van der Waals surface area contributed by atoms with Gasteiger partial charge in [0.05, 0.1) is 11.9 Å². The van der Waals surface area contributed by atoms with Crippen molar-refractivity contribution in [3.63, 3.8) is 0 Å². The van der Waals surface area contributed by atoms with Crippen LogP contribution >= 0.6 is 0 Å². The van der Waals surface area contributed by atoms with Gasteiger partial charge in [-0.15, -0.1) is 0 Å². The first-order chi connectivity index (χ1) is 7.72. The zero-order valence-corrected chi connectivity index (χ0v) is 9.09. The molecule has 0 amide bonds. The monoisotopic (exact) mass is 215 g/mol. The lowest BCUT2D eigenvalue weighted by Gasteiger charge is -2.02. The van der Waals surface area contributed by atoms with E-state index in [9.17, 15) is 0 Å². The smallest absolute Gasteiger partial charge is 0.134 e. The third-order valence-corrected chi connectivity index (χ3v) is 2.71. The van der Waals surface area contributed by atoms with E-state index in [1.165, 1.54) is 12.8 Å². The zero-order chi connectivity index (χ0) is 11.1. The first-order valence-electron chi connectivity index (χ1n) is 5.36. The van der Waals surface area contributed by atoms with E-state index < -0.39 is 0 Å². The van der Waals surface area contributed by atoms with Crippen molar-refractivity contribution >= 4 is 5.82 Å². The molecule has 5 nitrogen and oxygen atoms in total. The minimum absolute atomic E-state index is 0.513. The molecule has 1 aliphatic rings. The molecule has 3 rings (SSSR count). The van der Waals surface area contributed by atoms with Crippen LogP contribution in [0.25, 0.3) is 11.3 Å². The lowest BCUT2D eigenvalue weighted by molar-refractivity contribution is 0.768. The predicted octanol–water partition coefficient (Wildman–Crippen LogP) is 1.34. The van der Waals surface area contributed by atoms with Gasteiger partial charge in [0.25, 0.3) is 0 Å². The number of nitrogen functional groups attached to an aromatic ring is 1. The van der Waals surface area contributed by atoms with Crippen LogP contribution in [0.1, 0.15) is 24.6 Å². The van der Waals surface area contributed by atoms with Crippen LogP contribution in [0.3, 0.4) is 0 Å². The van der Waals surface area contributed by atoms with E-state index in [4.69, 9.17) is 5.73 Å². The molecular weight excluding hydrogens is 202 g/mol. The molecule has 0 unspecified atom stereocenters. The summed E-state index contributed by atoms with van der Waals surface area (Å²) in [6.07, 6.45) is 6.07. The fourth-order valence-corrected chi connectivity index (χ4v) is 1.71. The van der Waals surface area contributed by atoms with Crippen LogP contribution in [-0.2, 0) is 7.05 Å². The first kappa shape index (κ1) is 9.33. The van der Waals surface area contributed by atoms with Gasteiger partial charge in [0, 0.05) is 30.8 Å². The van der Waals surface area contributed by atoms with Crippen molar-refractivity contribution in [1.29, 1.82) is 0 Å². The molecule has 0 atom stereocenters. The molecule has 0 saturated heterocycles. The minimum Gasteiger partial charge on any atom is -0.384 e. The number of nitrogens with two attached hydrogens (primary N) is 1. The summed E-state index contributed by atoms with van der Waals surface area (Å²) in [4.78, 5) is 8.80. The van der Waals surface area contributed by atoms with E-state index in [1.807, 2.05) is 13.2 Å². The second-order valence-electron chi connectivity index (χ2n) is 4.21. The Kier molecular flexibility index (Phi) is 1.92. The molecule has 0 bridgehead atoms. The van der Waals surface area contributed by atoms with Gasteiger partial charge in [-0.25, -0.2) is 9.97 Å². The molecule has 0 aliphatic heterocycles. The molecule has 2 N–H and O–H groups in total. The molecule has 5 heteroatoms. The highest BCUT2D eigenvalue weighted by atomic mass is 15.2. The van der Waals surface area contributed by atoms with Crippen LogP contribution in [0.4, 0.5) is 5.82 Å². The number of hydrogen-bond donors (Lipinski definition) is 1. The number of hydrogen-bond acceptors (Lipinski definition) is 4. The maximum absolute atomic E-state index is 5.79. The van der Waals surface area contributed by atoms with E-state index in [-0.39, 0.29) is 0 Å². The molecule has 1 saturated carbocycles. The molecule has 2 aromatic rings. The predicted molar refractivity (Wildman–Crippen MR) is 60.6 cm³/mol. The maximum atomic E-state index is 5.79. The van der Waals surface area contributed by atoms with E-state index >= 15 is 0 Å². The molecule has 0 radical (unpaired) electrons. The summed E-state index contributed by atoms with van der Waals surface area (Å²) in [6.45, 7) is 0. The van der Waals surface area contributed by atoms with Gasteiger partial charge in [-0.1, -0.05) is 0 Å². The lowest BCUT2D eigenvalue weighted by atomic mass is 10.2. The number of rotatable bonds is 2. The van der Waals surface area contributed by atoms with Gasteiger partial charge in [-0.3, -0.25) is 4.68 Å². The van der Waals surface area contributed by atoms with Gasteiger partial charge in [0.2, 0.25) is 0 Å². The third-order valence-electron chi connectivity index (χ3n) is 2.71. The van der Waals surface area contributed by atoms with Crippen LogP contribution in [-0.4, -0.2) is 19.7 Å². The summed E-state index contributed by atoms with van der Waals surface area (Å²) >= 11 is 0. The summed E-state index contributed by atoms with van der Waals surface area (Å²) in [5.41, 5.74) is 7.64. The summed E-state index contributed by atoms with van der Waals surface area (Å²) in [5, 5.41) is 4.13. The molecule has 82 valence electrons. The van der Waals surface area contributed by atoms with E-state index in [0.717, 1.165) is 17.1 Å². The SMILES string of the molecule is Cn1cc(-c2cc(N)nc(C3CC3)n2)cn1. The molecule has 0 spiro atoms. The van der Waals surface area contributed by atoms with Crippen LogP contribution in [0.5, 0.6) is 0 Å². The fourth-order valence-electron chi connectivity index (χ4n) is 1.71. The maximum Gasteiger partial charge on any atom is 0.134 e. The first-order valence-corrected chi connectivity index (χ1v) is 5.36. The largest absolute Gasteiger partial charge is 0.384 e. The Balaban J connectivity index is 2.06. The molecule has 2 heterocycles. The van der Waals surface area contributed by atoms with Crippen LogP contribution < -0.4 is 5.73 Å². The van der Waals surface area contributed by atoms with Gasteiger partial charge in [-0.05, 0) is 12.8 Å². The average Bonchev–Trinajstić information content (AvgIpc) is 3.01. The highest BCUT2D eigenvalue weighted by Gasteiger charge is 2.27. The highest BCUT2D eigenvalue weighted by Crippen LogP contribution is 2.38. The summed E-state index contributed by atoms with van der Waals surface area (Å²) in [7, 11) is 1.88. The van der Waals surface area contributed by atoms with Crippen molar-refractivity contribution in [2.24, 2.45) is 7.05 Å². The highest BCUT2D eigenvalue weighted by molar-refractivity contribution is 5.60. The van der Waals surface area contributed by atoms with Gasteiger partial charge in [0.15, 0.2) is 0 Å². The van der Waals surface area contributed by atoms with Crippen molar-refractivity contribution in [1.82, 2.24) is 19.7 Å². The molecule has 2 aromatic heterocycles. The van der Waals surface area contributed by atoms with Crippen molar-refractivity contribution in [2.75, 3.05) is 5.73 Å². The number of aryl methyl sites for hydroxylation is 1. The van der Waals surface area contributed by atoms with Crippen molar-refractivity contribution in [3.05, 3.63) is 24.3 Å². The Bertz CT molecular complexity index is 527. The number of anilines is 1. The molecule has 0 aromatic carbocycles. The van der Waals surface area contributed by atoms with Crippen molar-refractivity contribution in [3.8, 4) is 11.3 Å². The number of aromatic nitrogens is 4. The van der Waals surface area contributed by atoms with Crippen LogP contribution in [0, 0.1) is 0 Å². The van der Waals surface area contributed by atoms with Gasteiger partial charge >= 0.3 is 0 Å². The Morgan fingerprint density at radius 1 is 1.38 bits per heavy atom. The second-order valence-corrected chi connectivity index (χ2v) is 4.21. The van der Waals surface area contributed by atoms with Gasteiger partial charge in [0.1, 0.15) is 11.6 Å². The Morgan fingerprint density at radius 3 is 2.81 bits per heavy atom. The number of nitrogens with zero attached hydrogens (tertiary/aromatic N) is 4. The third kappa shape index (κ3) is 1.64. The topological polar surface area (TPSA) is 69.6 Å². The van der Waals surface area contributed by atoms with Crippen molar-refractivity contribution in [2.45, 2.75) is 18.8 Å². The summed E-state index contributed by atoms with van der Waals surface area (Å²) < 4.78 is 1.75. The van der Waals surface area contributed by atoms with Crippen LogP contribution in [0.2, 0.25) is 0 Å². The molecular formula is C11H13N5. The van der Waals surface area contributed by atoms with E-state index in [1.54, 1.807) is 16.9 Å². The molecule has 1 fully saturated rings. The van der Waals surface area contributed by atoms with Gasteiger partial charge < -0.3 is 5.73 Å². The van der Waals surface area contributed by atoms with E-state index in [0.29, 0.717) is 11.7 Å². The van der Waals surface area contributed by atoms with Gasteiger partial charge in [-0.2, -0.15) is 5.10 Å². The quantitative estimate of drug-likeness (QED) is 0.820. The van der Waals surface area contributed by atoms with Crippen LogP contribution in [0.15, 0.2) is 18.5 Å². The van der Waals surface area contributed by atoms with E-state index in [2.05, 4.69) is 15.1 Å². The Labute approximate surface area is 93.3 Å². The summed E-state index contributed by atoms with van der Waals surface area (Å²) in [5.74, 6) is 1.92. The second kappa shape index (κ2) is 3.30. The average molecular weight is 215 g/mol. The standard InChI is InChI=1S/C11H13N5/c1-16-6-8(5-13-16)9-4-10(12)15-11(14-9)7-2-3-7/h4-7H,2-3H2,1H3,(H2,12,14,15). The van der Waals surface area contributed by atoms with Crippen molar-refractivity contribution < 1.29 is 0 Å². The fraction of sp³-hybridized carbons (Fsp3) is 0.364. The molecule has 1 aliphatic carbocycles. The minimum atomic E-state index is 0.513. The lowest BCUT2D eigenvalue weighted by Crippen LogP contribution is -1.99.